The molecule has 0 bridgehead atoms. The molecule has 0 aromatic heterocycles. The Morgan fingerprint density at radius 3 is 0.775 bits per heavy atom. The van der Waals surface area contributed by atoms with Crippen molar-refractivity contribution < 1.29 is 28.6 Å². The topological polar surface area (TPSA) is 78.9 Å². The molecule has 0 saturated carbocycles. The Labute approximate surface area is 498 Å². The van der Waals surface area contributed by atoms with Gasteiger partial charge in [-0.1, -0.05) is 313 Å². The van der Waals surface area contributed by atoms with Crippen molar-refractivity contribution in [1.82, 2.24) is 0 Å². The number of esters is 3. The molecule has 80 heavy (non-hydrogen) atoms. The van der Waals surface area contributed by atoms with E-state index in [4.69, 9.17) is 14.2 Å². The van der Waals surface area contributed by atoms with E-state index in [-0.39, 0.29) is 31.1 Å². The number of ether oxygens (including phenoxy) is 3. The molecule has 0 amide bonds. The number of unbranched alkanes of at least 4 members (excludes halogenated alkanes) is 44. The number of carbonyl (C=O) groups excluding carboxylic acids is 3. The first kappa shape index (κ1) is 77.1. The number of allylic oxidation sites excluding steroid dienone is 10. The van der Waals surface area contributed by atoms with Crippen LogP contribution in [0.4, 0.5) is 0 Å². The summed E-state index contributed by atoms with van der Waals surface area (Å²) >= 11 is 0. The number of rotatable bonds is 65. The minimum atomic E-state index is -0.786. The van der Waals surface area contributed by atoms with Crippen molar-refractivity contribution in [2.75, 3.05) is 13.2 Å². The molecule has 0 N–H and O–H groups in total. The quantitative estimate of drug-likeness (QED) is 0.0261. The van der Waals surface area contributed by atoms with Crippen LogP contribution in [0.1, 0.15) is 374 Å². The van der Waals surface area contributed by atoms with Gasteiger partial charge in [0.25, 0.3) is 0 Å². The van der Waals surface area contributed by atoms with E-state index in [0.29, 0.717) is 19.3 Å². The third-order valence-electron chi connectivity index (χ3n) is 15.7. The number of hydrogen-bond donors (Lipinski definition) is 0. The molecule has 0 aromatic carbocycles. The third-order valence-corrected chi connectivity index (χ3v) is 15.7. The third kappa shape index (κ3) is 65.9. The fraction of sp³-hybridized carbons (Fsp3) is 0.824. The zero-order chi connectivity index (χ0) is 57.8. The van der Waals surface area contributed by atoms with Gasteiger partial charge in [0.2, 0.25) is 0 Å². The smallest absolute Gasteiger partial charge is 0.306 e. The first-order chi connectivity index (χ1) is 39.5. The summed E-state index contributed by atoms with van der Waals surface area (Å²) in [4.78, 5) is 38.3. The van der Waals surface area contributed by atoms with Gasteiger partial charge in [-0.25, -0.2) is 0 Å². The van der Waals surface area contributed by atoms with Gasteiger partial charge in [0.15, 0.2) is 6.10 Å². The van der Waals surface area contributed by atoms with Gasteiger partial charge in [-0.3, -0.25) is 14.4 Å². The molecule has 1 unspecified atom stereocenters. The minimum Gasteiger partial charge on any atom is -0.462 e. The Balaban J connectivity index is 4.12. The van der Waals surface area contributed by atoms with Crippen molar-refractivity contribution >= 4 is 17.9 Å². The maximum atomic E-state index is 12.9. The van der Waals surface area contributed by atoms with Crippen LogP contribution in [-0.2, 0) is 28.6 Å². The van der Waals surface area contributed by atoms with E-state index in [1.54, 1.807) is 0 Å². The molecule has 0 aromatic rings. The minimum absolute atomic E-state index is 0.0807. The van der Waals surface area contributed by atoms with Gasteiger partial charge < -0.3 is 14.2 Å². The first-order valence-corrected chi connectivity index (χ1v) is 35.3. The molecule has 6 heteroatoms. The summed E-state index contributed by atoms with van der Waals surface area (Å²) < 4.78 is 16.9. The van der Waals surface area contributed by atoms with Crippen molar-refractivity contribution in [3.05, 3.63) is 60.8 Å². The maximum Gasteiger partial charge on any atom is 0.306 e. The summed E-state index contributed by atoms with van der Waals surface area (Å²) in [6, 6.07) is 0. The van der Waals surface area contributed by atoms with E-state index >= 15 is 0 Å². The molecule has 0 fully saturated rings. The summed E-state index contributed by atoms with van der Waals surface area (Å²) in [5, 5.41) is 0. The van der Waals surface area contributed by atoms with Gasteiger partial charge in [-0.05, 0) is 103 Å². The maximum absolute atomic E-state index is 12.9. The average molecular weight is 1120 g/mol. The fourth-order valence-corrected chi connectivity index (χ4v) is 10.5. The Morgan fingerprint density at radius 2 is 0.487 bits per heavy atom. The summed E-state index contributed by atoms with van der Waals surface area (Å²) in [5.74, 6) is -0.887. The van der Waals surface area contributed by atoms with Gasteiger partial charge >= 0.3 is 17.9 Å². The molecule has 1 atom stereocenters. The lowest BCUT2D eigenvalue weighted by Crippen LogP contribution is -2.30. The number of hydrogen-bond acceptors (Lipinski definition) is 6. The van der Waals surface area contributed by atoms with Gasteiger partial charge in [-0.2, -0.15) is 0 Å². The SMILES string of the molecule is CC/C=C\C/C=C\C/C=C\CCCCCCCC(=O)OC(COC(=O)CCCCCCC/C=C\CCCCCCC)COC(=O)CCCCCCCCCCCCCCCCCCCCCCC/C=C\CCCCCCCCCC. The van der Waals surface area contributed by atoms with Gasteiger partial charge in [0, 0.05) is 19.3 Å². The average Bonchev–Trinajstić information content (AvgIpc) is 3.46. The van der Waals surface area contributed by atoms with Crippen molar-refractivity contribution in [3.8, 4) is 0 Å². The first-order valence-electron chi connectivity index (χ1n) is 35.3. The molecule has 466 valence electrons. The Morgan fingerprint density at radius 1 is 0.263 bits per heavy atom. The van der Waals surface area contributed by atoms with Crippen LogP contribution in [0.15, 0.2) is 60.8 Å². The highest BCUT2D eigenvalue weighted by Crippen LogP contribution is 2.18. The van der Waals surface area contributed by atoms with Crippen molar-refractivity contribution in [2.45, 2.75) is 380 Å². The molecule has 0 rings (SSSR count). The van der Waals surface area contributed by atoms with Crippen LogP contribution in [0.5, 0.6) is 0 Å². The van der Waals surface area contributed by atoms with E-state index in [0.717, 1.165) is 103 Å². The second-order valence-corrected chi connectivity index (χ2v) is 23.8. The van der Waals surface area contributed by atoms with Crippen LogP contribution in [0.3, 0.4) is 0 Å². The molecule has 0 saturated heterocycles. The largest absolute Gasteiger partial charge is 0.462 e. The van der Waals surface area contributed by atoms with E-state index in [1.165, 1.54) is 231 Å². The Kier molecular flexibility index (Phi) is 66.1. The molecule has 0 aliphatic carbocycles. The lowest BCUT2D eigenvalue weighted by molar-refractivity contribution is -0.167. The predicted molar refractivity (Wildman–Crippen MR) is 348 cm³/mol. The monoisotopic (exact) mass is 1120 g/mol. The van der Waals surface area contributed by atoms with Crippen LogP contribution in [0.2, 0.25) is 0 Å². The van der Waals surface area contributed by atoms with Gasteiger partial charge in [-0.15, -0.1) is 0 Å². The molecule has 0 aliphatic rings. The van der Waals surface area contributed by atoms with E-state index in [9.17, 15) is 14.4 Å². The molecule has 6 nitrogen and oxygen atoms in total. The second-order valence-electron chi connectivity index (χ2n) is 23.8. The number of carbonyl (C=O) groups is 3. The molecular weight excluding hydrogens is 985 g/mol. The fourth-order valence-electron chi connectivity index (χ4n) is 10.5. The van der Waals surface area contributed by atoms with Crippen LogP contribution in [0, 0.1) is 0 Å². The molecule has 0 radical (unpaired) electrons. The summed E-state index contributed by atoms with van der Waals surface area (Å²) in [5.41, 5.74) is 0. The van der Waals surface area contributed by atoms with Crippen molar-refractivity contribution in [1.29, 1.82) is 0 Å². The zero-order valence-corrected chi connectivity index (χ0v) is 53.6. The highest BCUT2D eigenvalue weighted by atomic mass is 16.6. The molecular formula is C74H134O6. The lowest BCUT2D eigenvalue weighted by Gasteiger charge is -2.18. The van der Waals surface area contributed by atoms with Gasteiger partial charge in [0.1, 0.15) is 13.2 Å². The molecule has 0 aliphatic heterocycles. The highest BCUT2D eigenvalue weighted by molar-refractivity contribution is 5.71. The normalized spacial score (nSPS) is 12.4. The summed E-state index contributed by atoms with van der Waals surface area (Å²) in [7, 11) is 0. The highest BCUT2D eigenvalue weighted by Gasteiger charge is 2.19. The van der Waals surface area contributed by atoms with E-state index in [1.807, 2.05) is 0 Å². The molecule has 0 heterocycles. The summed E-state index contributed by atoms with van der Waals surface area (Å²) in [6.45, 7) is 6.55. The van der Waals surface area contributed by atoms with Gasteiger partial charge in [0.05, 0.1) is 0 Å². The van der Waals surface area contributed by atoms with Crippen LogP contribution in [-0.4, -0.2) is 37.2 Å². The van der Waals surface area contributed by atoms with Crippen LogP contribution >= 0.6 is 0 Å². The van der Waals surface area contributed by atoms with Crippen molar-refractivity contribution in [2.24, 2.45) is 0 Å². The van der Waals surface area contributed by atoms with Crippen LogP contribution < -0.4 is 0 Å². The predicted octanol–water partition coefficient (Wildman–Crippen LogP) is 24.3. The van der Waals surface area contributed by atoms with Crippen LogP contribution in [0.25, 0.3) is 0 Å². The van der Waals surface area contributed by atoms with Crippen molar-refractivity contribution in [3.63, 3.8) is 0 Å². The lowest BCUT2D eigenvalue weighted by atomic mass is 10.0. The standard InChI is InChI=1S/C74H134O6/c1-4-7-10-13-16-19-22-25-28-29-30-31-32-33-34-35-36-37-38-39-40-41-42-43-44-45-47-49-52-55-58-61-64-67-73(76)79-70-71(69-78-72(75)66-63-60-57-54-51-48-27-24-21-18-15-12-9-6-3)80-74(77)68-65-62-59-56-53-50-46-26-23-20-17-14-11-8-5-2/h8,11,17,20,24,26-27,29-30,46,71H,4-7,9-10,12-16,18-19,21-23,25,28,31-45,47-70H2,1-3H3/b11-8-,20-17-,27-24-,30-29-,46-26-. The Bertz CT molecular complexity index is 1430. The second kappa shape index (κ2) is 68.6. The van der Waals surface area contributed by atoms with E-state index < -0.39 is 6.10 Å². The molecule has 0 spiro atoms. The summed E-state index contributed by atoms with van der Waals surface area (Å²) in [6.07, 6.45) is 88.4. The Hall–Kier alpha value is -2.89. The van der Waals surface area contributed by atoms with E-state index in [2.05, 4.69) is 81.5 Å². The zero-order valence-electron chi connectivity index (χ0n) is 53.6.